The maximum Gasteiger partial charge on any atom is 0.338 e. The van der Waals surface area contributed by atoms with E-state index in [0.717, 1.165) is 22.7 Å². The standard InChI is InChI=1S/C19H21FN2O5S/c1-4-27-19(24)16-6-5-7-17(13(16)2)21-18(23)12-22(28(3,25)26)15-10-8-14(20)9-11-15/h5-11H,4,12H2,1-3H3,(H,21,23). The lowest BCUT2D eigenvalue weighted by Crippen LogP contribution is -2.37. The molecule has 0 unspecified atom stereocenters. The number of hydrogen-bond acceptors (Lipinski definition) is 5. The lowest BCUT2D eigenvalue weighted by atomic mass is 10.1. The minimum atomic E-state index is -3.78. The Bertz CT molecular complexity index is 974. The van der Waals surface area contributed by atoms with Crippen molar-refractivity contribution in [3.63, 3.8) is 0 Å². The van der Waals surface area contributed by atoms with Gasteiger partial charge in [-0.05, 0) is 55.8 Å². The molecule has 0 spiro atoms. The zero-order valence-corrected chi connectivity index (χ0v) is 16.5. The normalized spacial score (nSPS) is 11.0. The number of rotatable bonds is 7. The second-order valence-electron chi connectivity index (χ2n) is 5.99. The number of amides is 1. The van der Waals surface area contributed by atoms with Crippen molar-refractivity contribution in [3.8, 4) is 0 Å². The van der Waals surface area contributed by atoms with Crippen LogP contribution in [0, 0.1) is 12.7 Å². The van der Waals surface area contributed by atoms with Crippen molar-refractivity contribution in [1.29, 1.82) is 0 Å². The Balaban J connectivity index is 2.23. The molecule has 150 valence electrons. The third-order valence-corrected chi connectivity index (χ3v) is 5.05. The van der Waals surface area contributed by atoms with Gasteiger partial charge in [0.25, 0.3) is 0 Å². The fraction of sp³-hybridized carbons (Fsp3) is 0.263. The maximum absolute atomic E-state index is 13.1. The lowest BCUT2D eigenvalue weighted by Gasteiger charge is -2.22. The van der Waals surface area contributed by atoms with Crippen molar-refractivity contribution in [3.05, 3.63) is 59.4 Å². The van der Waals surface area contributed by atoms with E-state index in [1.165, 1.54) is 12.1 Å². The van der Waals surface area contributed by atoms with E-state index >= 15 is 0 Å². The summed E-state index contributed by atoms with van der Waals surface area (Å²) in [7, 11) is -3.78. The minimum Gasteiger partial charge on any atom is -0.462 e. The number of benzene rings is 2. The molecule has 1 N–H and O–H groups in total. The number of sulfonamides is 1. The van der Waals surface area contributed by atoms with E-state index in [9.17, 15) is 22.4 Å². The van der Waals surface area contributed by atoms with Gasteiger partial charge in [0.2, 0.25) is 15.9 Å². The average molecular weight is 408 g/mol. The monoisotopic (exact) mass is 408 g/mol. The van der Waals surface area contributed by atoms with E-state index in [1.807, 2.05) is 0 Å². The van der Waals surface area contributed by atoms with Crippen LogP contribution in [-0.4, -0.2) is 39.7 Å². The first kappa shape index (κ1) is 21.4. The molecule has 0 aliphatic heterocycles. The van der Waals surface area contributed by atoms with Gasteiger partial charge < -0.3 is 10.1 Å². The summed E-state index contributed by atoms with van der Waals surface area (Å²) >= 11 is 0. The summed E-state index contributed by atoms with van der Waals surface area (Å²) in [6.07, 6.45) is 0.955. The highest BCUT2D eigenvalue weighted by Crippen LogP contribution is 2.21. The summed E-state index contributed by atoms with van der Waals surface area (Å²) in [5.41, 5.74) is 1.33. The molecule has 0 bridgehead atoms. The molecule has 7 nitrogen and oxygen atoms in total. The average Bonchev–Trinajstić information content (AvgIpc) is 2.61. The zero-order chi connectivity index (χ0) is 20.9. The topological polar surface area (TPSA) is 92.8 Å². The Morgan fingerprint density at radius 1 is 1.14 bits per heavy atom. The SMILES string of the molecule is CCOC(=O)c1cccc(NC(=O)CN(c2ccc(F)cc2)S(C)(=O)=O)c1C. The summed E-state index contributed by atoms with van der Waals surface area (Å²) in [5, 5.41) is 2.60. The summed E-state index contributed by atoms with van der Waals surface area (Å²) in [6.45, 7) is 3.05. The molecule has 28 heavy (non-hydrogen) atoms. The van der Waals surface area contributed by atoms with E-state index in [1.54, 1.807) is 32.0 Å². The number of nitrogens with one attached hydrogen (secondary N) is 1. The fourth-order valence-corrected chi connectivity index (χ4v) is 3.39. The molecule has 1 amide bonds. The van der Waals surface area contributed by atoms with Crippen LogP contribution in [0.3, 0.4) is 0 Å². The Hall–Kier alpha value is -2.94. The Kier molecular flexibility index (Phi) is 6.74. The highest BCUT2D eigenvalue weighted by atomic mass is 32.2. The minimum absolute atomic E-state index is 0.163. The molecule has 0 atom stereocenters. The van der Waals surface area contributed by atoms with Gasteiger partial charge in [0.05, 0.1) is 24.1 Å². The first-order valence-electron chi connectivity index (χ1n) is 8.43. The second kappa shape index (κ2) is 8.83. The number of carbonyl (C=O) groups is 2. The van der Waals surface area contributed by atoms with Gasteiger partial charge in [-0.1, -0.05) is 6.07 Å². The third kappa shape index (κ3) is 5.29. The molecule has 0 radical (unpaired) electrons. The van der Waals surface area contributed by atoms with E-state index in [0.29, 0.717) is 16.8 Å². The Morgan fingerprint density at radius 3 is 2.36 bits per heavy atom. The van der Waals surface area contributed by atoms with Crippen LogP contribution < -0.4 is 9.62 Å². The summed E-state index contributed by atoms with van der Waals surface area (Å²) < 4.78 is 43.1. The van der Waals surface area contributed by atoms with Crippen LogP contribution in [0.4, 0.5) is 15.8 Å². The number of ether oxygens (including phenoxy) is 1. The number of halogens is 1. The highest BCUT2D eigenvalue weighted by Gasteiger charge is 2.22. The van der Waals surface area contributed by atoms with Crippen LogP contribution >= 0.6 is 0 Å². The molecule has 0 heterocycles. The summed E-state index contributed by atoms with van der Waals surface area (Å²) in [4.78, 5) is 24.4. The quantitative estimate of drug-likeness (QED) is 0.711. The molecule has 0 saturated heterocycles. The molecule has 0 aliphatic rings. The van der Waals surface area contributed by atoms with E-state index in [2.05, 4.69) is 5.32 Å². The fourth-order valence-electron chi connectivity index (χ4n) is 2.53. The number of esters is 1. The molecule has 9 heteroatoms. The Labute approximate surface area is 163 Å². The number of carbonyl (C=O) groups excluding carboxylic acids is 2. The smallest absolute Gasteiger partial charge is 0.338 e. The van der Waals surface area contributed by atoms with Crippen LogP contribution in [0.2, 0.25) is 0 Å². The van der Waals surface area contributed by atoms with Crippen LogP contribution in [0.5, 0.6) is 0 Å². The van der Waals surface area contributed by atoms with Gasteiger partial charge in [-0.2, -0.15) is 0 Å². The zero-order valence-electron chi connectivity index (χ0n) is 15.7. The third-order valence-electron chi connectivity index (χ3n) is 3.91. The van der Waals surface area contributed by atoms with Crippen molar-refractivity contribution in [1.82, 2.24) is 0 Å². The van der Waals surface area contributed by atoms with Crippen molar-refractivity contribution < 1.29 is 27.1 Å². The molecule has 0 aromatic heterocycles. The molecule has 0 saturated carbocycles. The predicted octanol–water partition coefficient (Wildman–Crippen LogP) is 2.72. The van der Waals surface area contributed by atoms with Crippen LogP contribution in [0.25, 0.3) is 0 Å². The van der Waals surface area contributed by atoms with E-state index in [4.69, 9.17) is 4.74 Å². The van der Waals surface area contributed by atoms with Crippen LogP contribution in [-0.2, 0) is 19.6 Å². The van der Waals surface area contributed by atoms with Gasteiger partial charge >= 0.3 is 5.97 Å². The first-order chi connectivity index (χ1) is 13.1. The van der Waals surface area contributed by atoms with Crippen LogP contribution in [0.1, 0.15) is 22.8 Å². The van der Waals surface area contributed by atoms with Crippen molar-refractivity contribution in [2.45, 2.75) is 13.8 Å². The maximum atomic E-state index is 13.1. The molecule has 0 aliphatic carbocycles. The molecule has 2 aromatic rings. The lowest BCUT2D eigenvalue weighted by molar-refractivity contribution is -0.114. The number of nitrogens with zero attached hydrogens (tertiary/aromatic N) is 1. The molecule has 2 rings (SSSR count). The van der Waals surface area contributed by atoms with Gasteiger partial charge in [-0.3, -0.25) is 9.10 Å². The van der Waals surface area contributed by atoms with Gasteiger partial charge in [0.15, 0.2) is 0 Å². The van der Waals surface area contributed by atoms with Gasteiger partial charge in [-0.25, -0.2) is 17.6 Å². The van der Waals surface area contributed by atoms with Crippen molar-refractivity contribution >= 4 is 33.3 Å². The van der Waals surface area contributed by atoms with Gasteiger partial charge in [0.1, 0.15) is 12.4 Å². The van der Waals surface area contributed by atoms with Crippen LogP contribution in [0.15, 0.2) is 42.5 Å². The predicted molar refractivity (Wildman–Crippen MR) is 104 cm³/mol. The van der Waals surface area contributed by atoms with Gasteiger partial charge in [-0.15, -0.1) is 0 Å². The highest BCUT2D eigenvalue weighted by molar-refractivity contribution is 7.92. The van der Waals surface area contributed by atoms with Crippen molar-refractivity contribution in [2.24, 2.45) is 0 Å². The molecular formula is C19H21FN2O5S. The van der Waals surface area contributed by atoms with Gasteiger partial charge in [0, 0.05) is 5.69 Å². The van der Waals surface area contributed by atoms with E-state index < -0.39 is 34.3 Å². The number of hydrogen-bond donors (Lipinski definition) is 1. The molecular weight excluding hydrogens is 387 g/mol. The molecule has 0 fully saturated rings. The largest absolute Gasteiger partial charge is 0.462 e. The van der Waals surface area contributed by atoms with E-state index in [-0.39, 0.29) is 12.3 Å². The van der Waals surface area contributed by atoms with Crippen molar-refractivity contribution in [2.75, 3.05) is 29.0 Å². The number of anilines is 2. The first-order valence-corrected chi connectivity index (χ1v) is 10.3. The second-order valence-corrected chi connectivity index (χ2v) is 7.90. The summed E-state index contributed by atoms with van der Waals surface area (Å²) in [6, 6.07) is 9.52. The summed E-state index contributed by atoms with van der Waals surface area (Å²) in [5.74, 6) is -1.65. The Morgan fingerprint density at radius 2 is 1.79 bits per heavy atom. The molecule has 2 aromatic carbocycles.